The van der Waals surface area contributed by atoms with Crippen molar-refractivity contribution in [2.75, 3.05) is 13.1 Å². The summed E-state index contributed by atoms with van der Waals surface area (Å²) in [6.07, 6.45) is -0.542. The number of aliphatic carboxylic acids is 1. The van der Waals surface area contributed by atoms with E-state index in [0.717, 1.165) is 0 Å². The number of β-amino-alcohol motifs (C(OH)–C–C–N with tert-alkyl or cyclic N) is 1. The van der Waals surface area contributed by atoms with E-state index in [1.54, 1.807) is 20.8 Å². The van der Waals surface area contributed by atoms with E-state index < -0.39 is 23.3 Å². The van der Waals surface area contributed by atoms with Gasteiger partial charge in [-0.1, -0.05) is 5.92 Å². The topological polar surface area (TPSA) is 87.1 Å². The molecule has 17 heavy (non-hydrogen) atoms. The van der Waals surface area contributed by atoms with Gasteiger partial charge >= 0.3 is 12.1 Å². The van der Waals surface area contributed by atoms with E-state index in [1.165, 1.54) is 4.90 Å². The van der Waals surface area contributed by atoms with Crippen molar-refractivity contribution < 1.29 is 24.5 Å². The van der Waals surface area contributed by atoms with E-state index >= 15 is 0 Å². The van der Waals surface area contributed by atoms with Crippen molar-refractivity contribution in [3.63, 3.8) is 0 Å². The number of nitrogens with zero attached hydrogens (tertiary/aromatic N) is 1. The Morgan fingerprint density at radius 3 is 2.29 bits per heavy atom. The van der Waals surface area contributed by atoms with Gasteiger partial charge in [0.25, 0.3) is 0 Å². The Labute approximate surface area is 99.2 Å². The second-order valence-corrected chi connectivity index (χ2v) is 4.92. The lowest BCUT2D eigenvalue weighted by atomic mass is 9.95. The molecule has 0 saturated carbocycles. The molecule has 2 N–H and O–H groups in total. The molecular weight excluding hydrogens is 226 g/mol. The molecule has 6 nitrogen and oxygen atoms in total. The number of carboxylic acid groups (broad SMARTS) is 1. The number of aliphatic hydroxyl groups is 1. The van der Waals surface area contributed by atoms with E-state index in [1.807, 2.05) is 5.92 Å². The van der Waals surface area contributed by atoms with E-state index in [0.29, 0.717) is 0 Å². The van der Waals surface area contributed by atoms with Crippen molar-refractivity contribution >= 4 is 12.1 Å². The largest absolute Gasteiger partial charge is 0.472 e. The highest BCUT2D eigenvalue weighted by atomic mass is 16.6. The van der Waals surface area contributed by atoms with Gasteiger partial charge in [-0.25, -0.2) is 9.59 Å². The second kappa shape index (κ2) is 4.26. The molecule has 0 aliphatic carbocycles. The summed E-state index contributed by atoms with van der Waals surface area (Å²) in [5, 5.41) is 18.0. The molecule has 0 unspecified atom stereocenters. The second-order valence-electron chi connectivity index (χ2n) is 4.92. The van der Waals surface area contributed by atoms with Crippen LogP contribution in [0.15, 0.2) is 0 Å². The van der Waals surface area contributed by atoms with E-state index in [9.17, 15) is 14.7 Å². The Morgan fingerprint density at radius 1 is 1.35 bits per heavy atom. The van der Waals surface area contributed by atoms with Gasteiger partial charge in [0.15, 0.2) is 5.60 Å². The summed E-state index contributed by atoms with van der Waals surface area (Å²) in [6.45, 7) is 5.13. The summed E-state index contributed by atoms with van der Waals surface area (Å²) < 4.78 is 5.07. The van der Waals surface area contributed by atoms with Crippen LogP contribution in [0.25, 0.3) is 0 Å². The zero-order valence-corrected chi connectivity index (χ0v) is 9.98. The van der Waals surface area contributed by atoms with Gasteiger partial charge < -0.3 is 19.8 Å². The van der Waals surface area contributed by atoms with Gasteiger partial charge in [-0.15, -0.1) is 0 Å². The molecule has 1 amide bonds. The van der Waals surface area contributed by atoms with Crippen LogP contribution < -0.4 is 0 Å². The van der Waals surface area contributed by atoms with Crippen LogP contribution in [-0.4, -0.2) is 51.5 Å². The number of carbonyl (C=O) groups is 2. The van der Waals surface area contributed by atoms with Crippen molar-refractivity contribution in [3.05, 3.63) is 0 Å². The average molecular weight is 241 g/mol. The molecule has 1 rings (SSSR count). The number of ether oxygens (including phenoxy) is 1. The molecule has 0 atom stereocenters. The van der Waals surface area contributed by atoms with Crippen molar-refractivity contribution in [2.24, 2.45) is 0 Å². The summed E-state index contributed by atoms with van der Waals surface area (Å²) in [4.78, 5) is 23.0. The molecule has 1 aliphatic rings. The minimum atomic E-state index is -1.44. The van der Waals surface area contributed by atoms with Crippen molar-refractivity contribution in [1.82, 2.24) is 4.90 Å². The van der Waals surface area contributed by atoms with Gasteiger partial charge in [-0.05, 0) is 20.8 Å². The lowest BCUT2D eigenvalue weighted by Crippen LogP contribution is -2.63. The maximum absolute atomic E-state index is 11.5. The van der Waals surface area contributed by atoms with Gasteiger partial charge in [0.1, 0.15) is 5.60 Å². The Hall–Kier alpha value is -1.74. The predicted octanol–water partition coefficient (Wildman–Crippen LogP) is 0.0562. The van der Waals surface area contributed by atoms with Crippen LogP contribution in [0.3, 0.4) is 0 Å². The van der Waals surface area contributed by atoms with Gasteiger partial charge in [0.05, 0.1) is 13.1 Å². The molecule has 0 spiro atoms. The van der Waals surface area contributed by atoms with Crippen LogP contribution in [-0.2, 0) is 9.53 Å². The van der Waals surface area contributed by atoms with Gasteiger partial charge in [0, 0.05) is 5.92 Å². The van der Waals surface area contributed by atoms with Crippen molar-refractivity contribution in [1.29, 1.82) is 0 Å². The Bertz CT molecular complexity index is 392. The van der Waals surface area contributed by atoms with E-state index in [2.05, 4.69) is 5.92 Å². The van der Waals surface area contributed by atoms with E-state index in [-0.39, 0.29) is 13.1 Å². The Balaban J connectivity index is 2.49. The molecule has 1 aliphatic heterocycles. The summed E-state index contributed by atoms with van der Waals surface area (Å²) >= 11 is 0. The smallest absolute Gasteiger partial charge is 0.410 e. The average Bonchev–Trinajstić information content (AvgIpc) is 2.07. The number of carboxylic acids is 1. The van der Waals surface area contributed by atoms with Crippen LogP contribution in [0.4, 0.5) is 4.79 Å². The third kappa shape index (κ3) is 3.96. The fourth-order valence-electron chi connectivity index (χ4n) is 1.29. The monoisotopic (exact) mass is 241 g/mol. The van der Waals surface area contributed by atoms with Crippen molar-refractivity contribution in [3.8, 4) is 11.8 Å². The third-order valence-corrected chi connectivity index (χ3v) is 1.96. The SMILES string of the molecule is CC(C)(C)OC(=O)N1CC(O)(C#CC(=O)O)C1. The number of carbonyl (C=O) groups excluding carboxylic acids is 1. The van der Waals surface area contributed by atoms with E-state index in [4.69, 9.17) is 9.84 Å². The molecule has 1 saturated heterocycles. The lowest BCUT2D eigenvalue weighted by Gasteiger charge is -2.43. The number of rotatable bonds is 0. The first kappa shape index (κ1) is 13.3. The highest BCUT2D eigenvalue weighted by Gasteiger charge is 2.44. The van der Waals surface area contributed by atoms with Crippen molar-refractivity contribution in [2.45, 2.75) is 32.0 Å². The molecular formula is C11H15NO5. The van der Waals surface area contributed by atoms with Gasteiger partial charge in [-0.2, -0.15) is 0 Å². The lowest BCUT2D eigenvalue weighted by molar-refractivity contribution is -0.130. The quantitative estimate of drug-likeness (QED) is 0.585. The molecule has 94 valence electrons. The first-order valence-electron chi connectivity index (χ1n) is 5.08. The molecule has 0 bridgehead atoms. The maximum Gasteiger partial charge on any atom is 0.410 e. The predicted molar refractivity (Wildman–Crippen MR) is 58.2 cm³/mol. The minimum Gasteiger partial charge on any atom is -0.472 e. The standard InChI is InChI=1S/C11H15NO5/c1-10(2,3)17-9(15)12-6-11(16,7-12)5-4-8(13)14/h16H,6-7H2,1-3H3,(H,13,14). The van der Waals surface area contributed by atoms with Crippen LogP contribution in [0.2, 0.25) is 0 Å². The molecule has 0 radical (unpaired) electrons. The molecule has 1 heterocycles. The van der Waals surface area contributed by atoms with Crippen LogP contribution >= 0.6 is 0 Å². The number of amides is 1. The number of hydrogen-bond acceptors (Lipinski definition) is 4. The van der Waals surface area contributed by atoms with Crippen LogP contribution in [0.1, 0.15) is 20.8 Å². The summed E-state index contributed by atoms with van der Waals surface area (Å²) in [5.41, 5.74) is -2.03. The number of hydrogen-bond donors (Lipinski definition) is 2. The fraction of sp³-hybridized carbons (Fsp3) is 0.636. The first-order valence-corrected chi connectivity index (χ1v) is 5.08. The molecule has 6 heteroatoms. The van der Waals surface area contributed by atoms with Gasteiger partial charge in [-0.3, -0.25) is 0 Å². The summed E-state index contributed by atoms with van der Waals surface area (Å²) in [7, 11) is 0. The van der Waals surface area contributed by atoms with Crippen LogP contribution in [0, 0.1) is 11.8 Å². The zero-order valence-electron chi connectivity index (χ0n) is 9.98. The first-order chi connectivity index (χ1) is 7.61. The molecule has 0 aromatic rings. The van der Waals surface area contributed by atoms with Gasteiger partial charge in [0.2, 0.25) is 0 Å². The zero-order chi connectivity index (χ0) is 13.3. The highest BCUT2D eigenvalue weighted by molar-refractivity contribution is 5.86. The Morgan fingerprint density at radius 2 is 1.88 bits per heavy atom. The normalized spacial score (nSPS) is 17.5. The van der Waals surface area contributed by atoms with Crippen LogP contribution in [0.5, 0.6) is 0 Å². The summed E-state index contributed by atoms with van der Waals surface area (Å²) in [5.74, 6) is 2.72. The maximum atomic E-state index is 11.5. The molecule has 0 aromatic carbocycles. The highest BCUT2D eigenvalue weighted by Crippen LogP contribution is 2.22. The molecule has 1 fully saturated rings. The summed E-state index contributed by atoms with van der Waals surface area (Å²) in [6, 6.07) is 0. The fourth-order valence-corrected chi connectivity index (χ4v) is 1.29. The minimum absolute atomic E-state index is 0.0395. The third-order valence-electron chi connectivity index (χ3n) is 1.96. The number of likely N-dealkylation sites (tertiary alicyclic amines) is 1. The Kier molecular flexibility index (Phi) is 3.34. The molecule has 0 aromatic heterocycles.